The Balaban J connectivity index is 0. The number of carbonyl (C=O) groups excluding carboxylic acids is 2. The van der Waals surface area contributed by atoms with Gasteiger partial charge in [0.2, 0.25) is 5.78 Å². The third kappa shape index (κ3) is 11.6. The zero-order chi connectivity index (χ0) is 15.4. The van der Waals surface area contributed by atoms with Gasteiger partial charge >= 0.3 is 0 Å². The van der Waals surface area contributed by atoms with Crippen LogP contribution in [0.25, 0.3) is 0 Å². The van der Waals surface area contributed by atoms with Gasteiger partial charge in [0.05, 0.1) is 0 Å². The van der Waals surface area contributed by atoms with Gasteiger partial charge in [0.25, 0.3) is 0 Å². The van der Waals surface area contributed by atoms with Gasteiger partial charge in [-0.3, -0.25) is 9.59 Å². The number of aryl methyl sites for hydroxylation is 1. The van der Waals surface area contributed by atoms with Gasteiger partial charge in [0, 0.05) is 18.9 Å². The number of carbonyl (C=O) groups is 2. The Morgan fingerprint density at radius 1 is 1.00 bits per heavy atom. The first kappa shape index (κ1) is 21.4. The van der Waals surface area contributed by atoms with E-state index in [1.807, 2.05) is 31.2 Å². The zero-order valence-electron chi connectivity index (χ0n) is 13.0. The highest BCUT2D eigenvalue weighted by Crippen LogP contribution is 2.06. The van der Waals surface area contributed by atoms with Crippen molar-refractivity contribution in [2.45, 2.75) is 60.8 Å². The van der Waals surface area contributed by atoms with E-state index in [1.165, 1.54) is 12.5 Å². The molecular weight excluding hydrogens is 260 g/mol. The molecule has 0 saturated carbocycles. The molecule has 0 N–H and O–H groups in total. The maximum absolute atomic E-state index is 10.9. The Morgan fingerprint density at radius 3 is 1.95 bits per heavy atom. The van der Waals surface area contributed by atoms with Gasteiger partial charge in [-0.2, -0.15) is 0 Å². The molecule has 1 rings (SSSR count). The molecule has 0 aliphatic heterocycles. The molecule has 0 amide bonds. The molecule has 0 heterocycles. The summed E-state index contributed by atoms with van der Waals surface area (Å²) in [6.45, 7) is 7.26. The summed E-state index contributed by atoms with van der Waals surface area (Å²) in [4.78, 5) is 21.1. The van der Waals surface area contributed by atoms with Crippen molar-refractivity contribution in [3.05, 3.63) is 35.4 Å². The fourth-order valence-corrected chi connectivity index (χ4v) is 1.51. The van der Waals surface area contributed by atoms with Crippen molar-refractivity contribution < 1.29 is 9.59 Å². The summed E-state index contributed by atoms with van der Waals surface area (Å²) in [5.74, 6) is 5.29. The Morgan fingerprint density at radius 2 is 1.57 bits per heavy atom. The number of hydrogen-bond donors (Lipinski definition) is 0. The lowest BCUT2D eigenvalue weighted by molar-refractivity contribution is -0.111. The molecule has 0 atom stereocenters. The molecule has 0 radical (unpaired) electrons. The maximum atomic E-state index is 10.9. The van der Waals surface area contributed by atoms with Crippen molar-refractivity contribution in [2.75, 3.05) is 0 Å². The molecule has 116 valence electrons. The quantitative estimate of drug-likeness (QED) is 0.450. The second kappa shape index (κ2) is 13.1. The molecule has 0 saturated heterocycles. The lowest BCUT2D eigenvalue weighted by Gasteiger charge is -1.99. The lowest BCUT2D eigenvalue weighted by atomic mass is 10.1. The topological polar surface area (TPSA) is 34.1 Å². The molecule has 1 aromatic rings. The third-order valence-corrected chi connectivity index (χ3v) is 2.54. The number of benzene rings is 1. The molecule has 0 aliphatic carbocycles. The van der Waals surface area contributed by atoms with E-state index in [1.54, 1.807) is 6.92 Å². The van der Waals surface area contributed by atoms with E-state index in [0.717, 1.165) is 31.2 Å². The van der Waals surface area contributed by atoms with E-state index < -0.39 is 0 Å². The minimum absolute atomic E-state index is 0. The monoisotopic (exact) mass is 288 g/mol. The summed E-state index contributed by atoms with van der Waals surface area (Å²) < 4.78 is 0. The van der Waals surface area contributed by atoms with Crippen LogP contribution in [-0.4, -0.2) is 11.6 Å². The van der Waals surface area contributed by atoms with E-state index in [2.05, 4.69) is 18.8 Å². The van der Waals surface area contributed by atoms with Crippen LogP contribution in [0.3, 0.4) is 0 Å². The van der Waals surface area contributed by atoms with Crippen LogP contribution in [0.1, 0.15) is 70.3 Å². The standard InChI is InChI=1S/C11H14O.C7H10O.CH4/c1-3-4-10-5-7-11(8-6-10)9(2)12;1-3-4-5-6-7(2)8;/h5-8H,3-4H2,1-2H3;3-4H2,1-2H3;1H4. The van der Waals surface area contributed by atoms with E-state index in [4.69, 9.17) is 0 Å². The zero-order valence-corrected chi connectivity index (χ0v) is 13.0. The van der Waals surface area contributed by atoms with Crippen molar-refractivity contribution >= 4 is 11.6 Å². The average molecular weight is 288 g/mol. The van der Waals surface area contributed by atoms with Crippen LogP contribution >= 0.6 is 0 Å². The van der Waals surface area contributed by atoms with Gasteiger partial charge < -0.3 is 0 Å². The Labute approximate surface area is 130 Å². The fraction of sp³-hybridized carbons (Fsp3) is 0.474. The van der Waals surface area contributed by atoms with E-state index in [9.17, 15) is 9.59 Å². The predicted molar refractivity (Wildman–Crippen MR) is 90.5 cm³/mol. The molecule has 21 heavy (non-hydrogen) atoms. The highest BCUT2D eigenvalue weighted by Gasteiger charge is 1.97. The van der Waals surface area contributed by atoms with E-state index in [-0.39, 0.29) is 19.0 Å². The molecule has 2 nitrogen and oxygen atoms in total. The van der Waals surface area contributed by atoms with Gasteiger partial charge in [-0.1, -0.05) is 57.9 Å². The van der Waals surface area contributed by atoms with Gasteiger partial charge in [-0.15, -0.1) is 0 Å². The summed E-state index contributed by atoms with van der Waals surface area (Å²) >= 11 is 0. The van der Waals surface area contributed by atoms with Crippen LogP contribution in [0, 0.1) is 11.8 Å². The molecular formula is C19H28O2. The lowest BCUT2D eigenvalue weighted by Crippen LogP contribution is -1.91. The Hall–Kier alpha value is -1.88. The largest absolute Gasteiger partial charge is 0.295 e. The van der Waals surface area contributed by atoms with Crippen molar-refractivity contribution in [3.63, 3.8) is 0 Å². The van der Waals surface area contributed by atoms with Crippen molar-refractivity contribution in [3.8, 4) is 11.8 Å². The highest BCUT2D eigenvalue weighted by atomic mass is 16.1. The molecule has 0 unspecified atom stereocenters. The van der Waals surface area contributed by atoms with Gasteiger partial charge in [0.15, 0.2) is 5.78 Å². The smallest absolute Gasteiger partial charge is 0.202 e. The normalized spacial score (nSPS) is 8.38. The van der Waals surface area contributed by atoms with Crippen LogP contribution in [0.5, 0.6) is 0 Å². The first-order valence-electron chi connectivity index (χ1n) is 7.10. The first-order valence-corrected chi connectivity index (χ1v) is 7.10. The van der Waals surface area contributed by atoms with E-state index in [0.29, 0.717) is 0 Å². The summed E-state index contributed by atoms with van der Waals surface area (Å²) in [6, 6.07) is 7.85. The SMILES string of the molecule is C.CCCC#CC(C)=O.CCCc1ccc(C(C)=O)cc1. The second-order valence-electron chi connectivity index (χ2n) is 4.61. The third-order valence-electron chi connectivity index (χ3n) is 2.54. The number of Topliss-reactive ketones (excluding diaryl/α,β-unsaturated/α-hetero) is 2. The maximum Gasteiger partial charge on any atom is 0.202 e. The second-order valence-corrected chi connectivity index (χ2v) is 4.61. The summed E-state index contributed by atoms with van der Waals surface area (Å²) in [5.41, 5.74) is 2.11. The number of rotatable bonds is 4. The van der Waals surface area contributed by atoms with Gasteiger partial charge in [-0.25, -0.2) is 0 Å². The Bertz CT molecular complexity index is 473. The molecule has 0 spiro atoms. The van der Waals surface area contributed by atoms with Crippen LogP contribution in [0.4, 0.5) is 0 Å². The number of hydrogen-bond acceptors (Lipinski definition) is 2. The average Bonchev–Trinajstić information content (AvgIpc) is 2.40. The van der Waals surface area contributed by atoms with Gasteiger partial charge in [0.1, 0.15) is 0 Å². The van der Waals surface area contributed by atoms with Crippen molar-refractivity contribution in [1.29, 1.82) is 0 Å². The number of unbranched alkanes of at least 4 members (excludes halogenated alkanes) is 1. The number of ketones is 2. The molecule has 0 fully saturated rings. The van der Waals surface area contributed by atoms with Crippen molar-refractivity contribution in [2.24, 2.45) is 0 Å². The highest BCUT2D eigenvalue weighted by molar-refractivity contribution is 5.94. The van der Waals surface area contributed by atoms with E-state index >= 15 is 0 Å². The van der Waals surface area contributed by atoms with Crippen LogP contribution in [0.15, 0.2) is 24.3 Å². The Kier molecular flexibility index (Phi) is 13.4. The molecule has 2 heteroatoms. The predicted octanol–water partition coefficient (Wildman–Crippen LogP) is 4.86. The summed E-state index contributed by atoms with van der Waals surface area (Å²) in [7, 11) is 0. The molecule has 0 bridgehead atoms. The van der Waals surface area contributed by atoms with Gasteiger partial charge in [-0.05, 0) is 31.2 Å². The van der Waals surface area contributed by atoms with Crippen LogP contribution in [-0.2, 0) is 11.2 Å². The molecule has 1 aromatic carbocycles. The summed E-state index contributed by atoms with van der Waals surface area (Å²) in [6.07, 6.45) is 4.11. The van der Waals surface area contributed by atoms with Crippen molar-refractivity contribution in [1.82, 2.24) is 0 Å². The molecule has 0 aromatic heterocycles. The van der Waals surface area contributed by atoms with Crippen LogP contribution < -0.4 is 0 Å². The van der Waals surface area contributed by atoms with Crippen LogP contribution in [0.2, 0.25) is 0 Å². The summed E-state index contributed by atoms with van der Waals surface area (Å²) in [5, 5.41) is 0. The fourth-order valence-electron chi connectivity index (χ4n) is 1.51. The minimum Gasteiger partial charge on any atom is -0.295 e. The molecule has 0 aliphatic rings. The minimum atomic E-state index is -0.0431. The first-order chi connectivity index (χ1) is 9.51.